The number of amides is 1. The first-order valence-corrected chi connectivity index (χ1v) is 10.8. The van der Waals surface area contributed by atoms with Crippen molar-refractivity contribution >= 4 is 15.1 Å². The van der Waals surface area contributed by atoms with E-state index in [1.165, 1.54) is 11.1 Å². The highest BCUT2D eigenvalue weighted by Gasteiger charge is 2.52. The number of aryl methyl sites for hydroxylation is 1. The number of carbonyl (C=O) groups is 1. The normalized spacial score (nSPS) is 22.5. The fourth-order valence-corrected chi connectivity index (χ4v) is 4.66. The van der Waals surface area contributed by atoms with Crippen molar-refractivity contribution in [3.05, 3.63) is 70.0 Å². The minimum absolute atomic E-state index is 0.132. The molecule has 0 radical (unpaired) electrons. The number of carbonyl (C=O) groups excluding carboxylic acids is 1. The fourth-order valence-electron chi connectivity index (χ4n) is 4.29. The highest BCUT2D eigenvalue weighted by Crippen LogP contribution is 2.57. The largest absolute Gasteiger partial charge is 0.322 e. The zero-order valence-corrected chi connectivity index (χ0v) is 18.6. The van der Waals surface area contributed by atoms with Crippen LogP contribution in [0.2, 0.25) is 0 Å². The summed E-state index contributed by atoms with van der Waals surface area (Å²) in [5.41, 5.74) is 3.83. The van der Waals surface area contributed by atoms with Crippen LogP contribution in [-0.2, 0) is 0 Å². The Kier molecular flexibility index (Phi) is 6.43. The molecule has 0 spiro atoms. The van der Waals surface area contributed by atoms with Crippen molar-refractivity contribution < 1.29 is 13.6 Å². The molecule has 0 aliphatic heterocycles. The first-order chi connectivity index (χ1) is 13.6. The quantitative estimate of drug-likeness (QED) is 0.516. The van der Waals surface area contributed by atoms with Crippen LogP contribution >= 0.6 is 9.24 Å². The third-order valence-corrected chi connectivity index (χ3v) is 6.64. The summed E-state index contributed by atoms with van der Waals surface area (Å²) in [4.78, 5) is 12.9. The zero-order chi connectivity index (χ0) is 21.3. The number of halogens is 2. The van der Waals surface area contributed by atoms with E-state index in [1.807, 2.05) is 19.9 Å². The van der Waals surface area contributed by atoms with Crippen molar-refractivity contribution in [3.8, 4) is 0 Å². The Morgan fingerprint density at radius 2 is 1.93 bits per heavy atom. The van der Waals surface area contributed by atoms with Crippen molar-refractivity contribution in [1.82, 2.24) is 5.32 Å². The number of benzene rings is 1. The van der Waals surface area contributed by atoms with Crippen LogP contribution in [0.4, 0.5) is 8.78 Å². The Hall–Kier alpha value is -1.80. The average Bonchev–Trinajstić information content (AvgIpc) is 3.48. The van der Waals surface area contributed by atoms with Crippen molar-refractivity contribution in [2.75, 3.05) is 0 Å². The molecule has 1 fully saturated rings. The molecule has 3 atom stereocenters. The smallest absolute Gasteiger partial charge is 0.262 e. The van der Waals surface area contributed by atoms with Gasteiger partial charge in [0.2, 0.25) is 0 Å². The molecule has 0 aromatic heterocycles. The summed E-state index contributed by atoms with van der Waals surface area (Å²) in [7, 11) is 1.65. The third-order valence-electron chi connectivity index (χ3n) is 6.21. The second kappa shape index (κ2) is 8.52. The Labute approximate surface area is 174 Å². The molecule has 0 saturated heterocycles. The molecule has 1 saturated carbocycles. The van der Waals surface area contributed by atoms with Crippen molar-refractivity contribution in [1.29, 1.82) is 0 Å². The van der Waals surface area contributed by atoms with Crippen molar-refractivity contribution in [3.63, 3.8) is 0 Å². The minimum atomic E-state index is -2.73. The highest BCUT2D eigenvalue weighted by atomic mass is 31.0. The fraction of sp³-hybridized carbons (Fsp3) is 0.458. The zero-order valence-electron chi connectivity index (χ0n) is 17.4. The number of alkyl halides is 2. The lowest BCUT2D eigenvalue weighted by Crippen LogP contribution is -2.25. The van der Waals surface area contributed by atoms with E-state index in [0.29, 0.717) is 17.7 Å². The van der Waals surface area contributed by atoms with E-state index in [1.54, 1.807) is 21.4 Å². The maximum Gasteiger partial charge on any atom is 0.262 e. The Balaban J connectivity index is 1.74. The van der Waals surface area contributed by atoms with Gasteiger partial charge in [-0.3, -0.25) is 4.79 Å². The van der Waals surface area contributed by atoms with Gasteiger partial charge in [-0.2, -0.15) is 0 Å². The van der Waals surface area contributed by atoms with E-state index in [2.05, 4.69) is 24.9 Å². The van der Waals surface area contributed by atoms with Gasteiger partial charge in [0.25, 0.3) is 11.6 Å². The molecule has 2 aliphatic rings. The molecule has 1 aromatic rings. The van der Waals surface area contributed by atoms with Gasteiger partial charge >= 0.3 is 0 Å². The molecule has 1 amide bonds. The number of hydrogen-bond donors (Lipinski definition) is 1. The maximum atomic E-state index is 13.5. The molecular formula is C24H30F2NOP. The first-order valence-electron chi connectivity index (χ1n) is 10.3. The molecule has 0 heterocycles. The number of allylic oxidation sites excluding steroid dienone is 4. The van der Waals surface area contributed by atoms with E-state index in [9.17, 15) is 13.6 Å². The van der Waals surface area contributed by atoms with Gasteiger partial charge < -0.3 is 5.32 Å². The molecule has 5 heteroatoms. The van der Waals surface area contributed by atoms with E-state index < -0.39 is 11.6 Å². The Morgan fingerprint density at radius 3 is 2.48 bits per heavy atom. The first kappa shape index (κ1) is 21.9. The average molecular weight is 417 g/mol. The molecule has 1 aromatic carbocycles. The van der Waals surface area contributed by atoms with Crippen LogP contribution in [0.5, 0.6) is 0 Å². The molecule has 0 bridgehead atoms. The van der Waals surface area contributed by atoms with Gasteiger partial charge in [-0.25, -0.2) is 8.78 Å². The van der Waals surface area contributed by atoms with E-state index in [4.69, 9.17) is 0 Å². The second-order valence-corrected chi connectivity index (χ2v) is 9.04. The predicted octanol–water partition coefficient (Wildman–Crippen LogP) is 6.65. The molecule has 156 valence electrons. The van der Waals surface area contributed by atoms with Gasteiger partial charge in [0.05, 0.1) is 0 Å². The standard InChI is InChI=1S/C24H30F2NOP/c1-5-14(2)18-8-6-7-9-20(18)16(4)27-23(28)19-11-10-17(12-15(19)3)21-13-22(21)24(25,26)29/h5,10-12,21-22H,4,6-9,13,29H2,1-3H3,(H,27,28)/b14-5-. The monoisotopic (exact) mass is 417 g/mol. The molecule has 2 aliphatic carbocycles. The summed E-state index contributed by atoms with van der Waals surface area (Å²) >= 11 is 0. The summed E-state index contributed by atoms with van der Waals surface area (Å²) in [6.45, 7) is 10.1. The molecule has 3 unspecified atom stereocenters. The van der Waals surface area contributed by atoms with Gasteiger partial charge in [-0.05, 0) is 87.1 Å². The Morgan fingerprint density at radius 1 is 1.28 bits per heavy atom. The second-order valence-electron chi connectivity index (χ2n) is 8.27. The van der Waals surface area contributed by atoms with Crippen LogP contribution in [0.3, 0.4) is 0 Å². The number of rotatable bonds is 6. The summed E-state index contributed by atoms with van der Waals surface area (Å²) < 4.78 is 26.9. The highest BCUT2D eigenvalue weighted by molar-refractivity contribution is 7.18. The Bertz CT molecular complexity index is 895. The summed E-state index contributed by atoms with van der Waals surface area (Å²) in [5, 5.41) is 2.97. The molecular weight excluding hydrogens is 387 g/mol. The van der Waals surface area contributed by atoms with Crippen LogP contribution in [0, 0.1) is 12.8 Å². The lowest BCUT2D eigenvalue weighted by atomic mass is 9.86. The topological polar surface area (TPSA) is 29.1 Å². The summed E-state index contributed by atoms with van der Waals surface area (Å²) in [5.74, 6) is -0.955. The van der Waals surface area contributed by atoms with Crippen LogP contribution < -0.4 is 5.32 Å². The molecule has 3 rings (SSSR count). The molecule has 29 heavy (non-hydrogen) atoms. The van der Waals surface area contributed by atoms with Crippen LogP contribution in [0.25, 0.3) is 0 Å². The lowest BCUT2D eigenvalue weighted by Gasteiger charge is -2.23. The number of nitrogens with one attached hydrogen (secondary N) is 1. The lowest BCUT2D eigenvalue weighted by molar-refractivity contribution is 0.0769. The van der Waals surface area contributed by atoms with Crippen molar-refractivity contribution in [2.45, 2.75) is 64.5 Å². The minimum Gasteiger partial charge on any atom is -0.322 e. The molecule has 1 N–H and O–H groups in total. The summed E-state index contributed by atoms with van der Waals surface area (Å²) in [6.07, 6.45) is 6.77. The maximum absolute atomic E-state index is 13.5. The predicted molar refractivity (Wildman–Crippen MR) is 118 cm³/mol. The van der Waals surface area contributed by atoms with Crippen LogP contribution in [0.1, 0.15) is 73.4 Å². The van der Waals surface area contributed by atoms with E-state index >= 15 is 0 Å². The van der Waals surface area contributed by atoms with E-state index in [0.717, 1.165) is 42.4 Å². The van der Waals surface area contributed by atoms with Gasteiger partial charge in [-0.1, -0.05) is 39.6 Å². The van der Waals surface area contributed by atoms with Gasteiger partial charge in [-0.15, -0.1) is 0 Å². The van der Waals surface area contributed by atoms with Crippen LogP contribution in [-0.4, -0.2) is 11.6 Å². The van der Waals surface area contributed by atoms with E-state index in [-0.39, 0.29) is 11.8 Å². The molecule has 2 nitrogen and oxygen atoms in total. The van der Waals surface area contributed by atoms with Gasteiger partial charge in [0.15, 0.2) is 0 Å². The van der Waals surface area contributed by atoms with Gasteiger partial charge in [0.1, 0.15) is 0 Å². The number of hydrogen-bond acceptors (Lipinski definition) is 1. The summed E-state index contributed by atoms with van der Waals surface area (Å²) in [6, 6.07) is 5.42. The van der Waals surface area contributed by atoms with Crippen LogP contribution in [0.15, 0.2) is 53.3 Å². The third kappa shape index (κ3) is 4.86. The van der Waals surface area contributed by atoms with Crippen molar-refractivity contribution in [2.24, 2.45) is 5.92 Å². The SMILES string of the molecule is C=C(NC(=O)c1ccc(C2CC2C(F)(F)P)cc1C)C1=C(/C(C)=C\C)CCCC1. The van der Waals surface area contributed by atoms with Gasteiger partial charge in [0, 0.05) is 17.2 Å².